The van der Waals surface area contributed by atoms with Gasteiger partial charge in [-0.15, -0.1) is 11.3 Å². The van der Waals surface area contributed by atoms with E-state index in [-0.39, 0.29) is 5.91 Å². The van der Waals surface area contributed by atoms with Gasteiger partial charge < -0.3 is 9.80 Å². The van der Waals surface area contributed by atoms with E-state index in [1.54, 1.807) is 24.7 Å². The third kappa shape index (κ3) is 2.82. The average molecular weight is 343 g/mol. The van der Waals surface area contributed by atoms with Crippen molar-refractivity contribution in [3.63, 3.8) is 0 Å². The molecule has 2 atom stereocenters. The Balaban J connectivity index is 1.54. The Hall–Kier alpha value is -1.86. The lowest BCUT2D eigenvalue weighted by molar-refractivity contribution is 0.0669. The van der Waals surface area contributed by atoms with Crippen LogP contribution in [0.15, 0.2) is 24.7 Å². The largest absolute Gasteiger partial charge is 0.333 e. The molecule has 126 valence electrons. The van der Waals surface area contributed by atoms with E-state index in [9.17, 15) is 4.79 Å². The average Bonchev–Trinajstić information content (AvgIpc) is 3.35. The second-order valence-electron chi connectivity index (χ2n) is 6.50. The van der Waals surface area contributed by atoms with Crippen LogP contribution >= 0.6 is 11.3 Å². The lowest BCUT2D eigenvalue weighted by atomic mass is 10.0. The lowest BCUT2D eigenvalue weighted by Gasteiger charge is -2.33. The van der Waals surface area contributed by atoms with Crippen LogP contribution in [0.4, 0.5) is 0 Å². The molecule has 0 bridgehead atoms. The minimum absolute atomic E-state index is 0.109. The van der Waals surface area contributed by atoms with E-state index in [1.165, 1.54) is 24.2 Å². The molecule has 0 spiro atoms. The van der Waals surface area contributed by atoms with E-state index in [0.717, 1.165) is 25.9 Å². The van der Waals surface area contributed by atoms with Crippen molar-refractivity contribution in [3.05, 3.63) is 29.5 Å². The second-order valence-corrected chi connectivity index (χ2v) is 7.53. The van der Waals surface area contributed by atoms with Gasteiger partial charge in [0.15, 0.2) is 10.8 Å². The molecule has 2 aromatic rings. The minimum atomic E-state index is 0.109. The molecule has 0 aliphatic carbocycles. The molecule has 2 fully saturated rings. The monoisotopic (exact) mass is 343 g/mol. The van der Waals surface area contributed by atoms with Crippen LogP contribution in [0.1, 0.15) is 35.4 Å². The number of aromatic nitrogens is 3. The summed E-state index contributed by atoms with van der Waals surface area (Å²) in [6, 6.07) is 2.61. The van der Waals surface area contributed by atoms with Gasteiger partial charge >= 0.3 is 0 Å². The fraction of sp³-hybridized carbons (Fsp3) is 0.529. The summed E-state index contributed by atoms with van der Waals surface area (Å²) in [7, 11) is 2.18. The second kappa shape index (κ2) is 6.57. The molecule has 0 unspecified atom stereocenters. The molecule has 24 heavy (non-hydrogen) atoms. The maximum atomic E-state index is 13.0. The van der Waals surface area contributed by atoms with E-state index in [0.29, 0.717) is 27.8 Å². The van der Waals surface area contributed by atoms with Gasteiger partial charge in [-0.05, 0) is 45.3 Å². The van der Waals surface area contributed by atoms with Crippen molar-refractivity contribution in [1.29, 1.82) is 0 Å². The van der Waals surface area contributed by atoms with Crippen LogP contribution in [0, 0.1) is 0 Å². The molecule has 4 rings (SSSR count). The number of likely N-dealkylation sites (N-methyl/N-ethyl adjacent to an activating group) is 1. The van der Waals surface area contributed by atoms with Gasteiger partial charge in [0, 0.05) is 31.0 Å². The van der Waals surface area contributed by atoms with Gasteiger partial charge in [-0.2, -0.15) is 0 Å². The first kappa shape index (κ1) is 15.7. The molecule has 0 aromatic carbocycles. The quantitative estimate of drug-likeness (QED) is 0.856. The molecule has 0 radical (unpaired) electrons. The zero-order chi connectivity index (χ0) is 16.5. The fourth-order valence-corrected chi connectivity index (χ4v) is 4.71. The highest BCUT2D eigenvalue weighted by atomic mass is 32.1. The Kier molecular flexibility index (Phi) is 4.28. The molecular weight excluding hydrogens is 322 g/mol. The van der Waals surface area contributed by atoms with Crippen LogP contribution in [0.3, 0.4) is 0 Å². The Bertz CT molecular complexity index is 719. The highest BCUT2D eigenvalue weighted by Gasteiger charge is 2.39. The summed E-state index contributed by atoms with van der Waals surface area (Å²) in [5, 5.41) is 0.702. The Morgan fingerprint density at radius 3 is 2.62 bits per heavy atom. The van der Waals surface area contributed by atoms with Gasteiger partial charge in [0.2, 0.25) is 0 Å². The maximum Gasteiger partial charge on any atom is 0.265 e. The highest BCUT2D eigenvalue weighted by molar-refractivity contribution is 7.16. The third-order valence-corrected chi connectivity index (χ3v) is 6.04. The predicted octanol–water partition coefficient (Wildman–Crippen LogP) is 2.30. The topological polar surface area (TPSA) is 62.2 Å². The number of thiazole rings is 1. The van der Waals surface area contributed by atoms with Crippen molar-refractivity contribution >= 4 is 17.2 Å². The van der Waals surface area contributed by atoms with E-state index in [4.69, 9.17) is 0 Å². The summed E-state index contributed by atoms with van der Waals surface area (Å²) in [6.07, 6.45) is 9.68. The van der Waals surface area contributed by atoms with Crippen molar-refractivity contribution in [2.45, 2.75) is 37.8 Å². The first-order chi connectivity index (χ1) is 11.7. The van der Waals surface area contributed by atoms with Crippen LogP contribution in [0.5, 0.6) is 0 Å². The number of hydrogen-bond donors (Lipinski definition) is 0. The van der Waals surface area contributed by atoms with Crippen molar-refractivity contribution in [2.24, 2.45) is 0 Å². The van der Waals surface area contributed by atoms with Gasteiger partial charge in [-0.1, -0.05) is 0 Å². The summed E-state index contributed by atoms with van der Waals surface area (Å²) >= 11 is 1.39. The van der Waals surface area contributed by atoms with Gasteiger partial charge in [0.1, 0.15) is 4.88 Å². The highest BCUT2D eigenvalue weighted by Crippen LogP contribution is 2.31. The van der Waals surface area contributed by atoms with Crippen LogP contribution in [-0.4, -0.2) is 62.9 Å². The number of amides is 1. The first-order valence-electron chi connectivity index (χ1n) is 8.48. The van der Waals surface area contributed by atoms with Gasteiger partial charge in [-0.3, -0.25) is 4.79 Å². The Labute approximate surface area is 145 Å². The lowest BCUT2D eigenvalue weighted by Crippen LogP contribution is -2.46. The summed E-state index contributed by atoms with van der Waals surface area (Å²) in [4.78, 5) is 30.9. The fourth-order valence-electron chi connectivity index (χ4n) is 3.89. The molecular formula is C17H21N5OS. The van der Waals surface area contributed by atoms with Gasteiger partial charge in [0.25, 0.3) is 5.91 Å². The number of carbonyl (C=O) groups excluding carboxylic acids is 1. The zero-order valence-electron chi connectivity index (χ0n) is 13.8. The van der Waals surface area contributed by atoms with Crippen LogP contribution in [-0.2, 0) is 0 Å². The van der Waals surface area contributed by atoms with Crippen LogP contribution in [0.25, 0.3) is 10.8 Å². The van der Waals surface area contributed by atoms with E-state index >= 15 is 0 Å². The molecule has 2 aliphatic heterocycles. The molecule has 4 heterocycles. The molecule has 2 aliphatic rings. The standard InChI is InChI=1S/C17H21N5OS/c1-21-9-2-5-12(21)13-6-3-10-22(13)17(23)14-11-20-16(24-14)15-18-7-4-8-19-15/h4,7-8,11-13H,2-3,5-6,9-10H2,1H3/t12-,13+/m1/s1. The summed E-state index contributed by atoms with van der Waals surface area (Å²) in [6.45, 7) is 1.99. The van der Waals surface area contributed by atoms with Crippen molar-refractivity contribution in [1.82, 2.24) is 24.8 Å². The Morgan fingerprint density at radius 2 is 1.88 bits per heavy atom. The maximum absolute atomic E-state index is 13.0. The molecule has 0 N–H and O–H groups in total. The van der Waals surface area contributed by atoms with E-state index in [1.807, 2.05) is 0 Å². The summed E-state index contributed by atoms with van der Waals surface area (Å²) < 4.78 is 0. The van der Waals surface area contributed by atoms with Gasteiger partial charge in [0.05, 0.1) is 6.20 Å². The van der Waals surface area contributed by atoms with Crippen molar-refractivity contribution < 1.29 is 4.79 Å². The number of rotatable bonds is 3. The van der Waals surface area contributed by atoms with Crippen molar-refractivity contribution in [3.8, 4) is 10.8 Å². The number of nitrogens with zero attached hydrogens (tertiary/aromatic N) is 5. The minimum Gasteiger partial charge on any atom is -0.333 e. The zero-order valence-corrected chi connectivity index (χ0v) is 14.6. The van der Waals surface area contributed by atoms with E-state index in [2.05, 4.69) is 31.8 Å². The predicted molar refractivity (Wildman–Crippen MR) is 92.9 cm³/mol. The number of likely N-dealkylation sites (tertiary alicyclic amines) is 2. The normalized spacial score (nSPS) is 24.6. The number of carbonyl (C=O) groups is 1. The Morgan fingerprint density at radius 1 is 1.12 bits per heavy atom. The summed E-state index contributed by atoms with van der Waals surface area (Å²) in [5.41, 5.74) is 0. The SMILES string of the molecule is CN1CCC[C@@H]1[C@@H]1CCCN1C(=O)c1cnc(-c2ncccn2)s1. The summed E-state index contributed by atoms with van der Waals surface area (Å²) in [5.74, 6) is 0.688. The van der Waals surface area contributed by atoms with Crippen LogP contribution in [0.2, 0.25) is 0 Å². The molecule has 2 aromatic heterocycles. The third-order valence-electron chi connectivity index (χ3n) is 5.05. The smallest absolute Gasteiger partial charge is 0.265 e. The van der Waals surface area contributed by atoms with E-state index < -0.39 is 0 Å². The molecule has 2 saturated heterocycles. The van der Waals surface area contributed by atoms with Crippen LogP contribution < -0.4 is 0 Å². The van der Waals surface area contributed by atoms with Gasteiger partial charge in [-0.25, -0.2) is 15.0 Å². The first-order valence-corrected chi connectivity index (χ1v) is 9.30. The van der Waals surface area contributed by atoms with Crippen molar-refractivity contribution in [2.75, 3.05) is 20.1 Å². The number of hydrogen-bond acceptors (Lipinski definition) is 6. The molecule has 1 amide bonds. The molecule has 0 saturated carbocycles. The molecule has 7 heteroatoms. The molecule has 6 nitrogen and oxygen atoms in total.